The van der Waals surface area contributed by atoms with Gasteiger partial charge in [-0.2, -0.15) is 0 Å². The molecule has 0 saturated heterocycles. The predicted octanol–water partition coefficient (Wildman–Crippen LogP) is 15.0. The molecule has 1 aromatic heterocycles. The number of anilines is 3. The molecule has 11 aromatic rings. The van der Waals surface area contributed by atoms with E-state index in [2.05, 4.69) is 205 Å². The van der Waals surface area contributed by atoms with Crippen LogP contribution in [0.5, 0.6) is 0 Å². The first-order valence-electron chi connectivity index (χ1n) is 18.5. The molecule has 0 radical (unpaired) electrons. The monoisotopic (exact) mass is 687 g/mol. The van der Waals surface area contributed by atoms with Gasteiger partial charge in [0.2, 0.25) is 0 Å². The lowest BCUT2D eigenvalue weighted by molar-refractivity contribution is 0.669. The maximum absolute atomic E-state index is 6.54. The van der Waals surface area contributed by atoms with Crippen molar-refractivity contribution in [3.63, 3.8) is 0 Å². The molecule has 0 amide bonds. The van der Waals surface area contributed by atoms with Crippen molar-refractivity contribution >= 4 is 82.1 Å². The number of benzene rings is 10. The second kappa shape index (κ2) is 12.2. The second-order valence-corrected chi connectivity index (χ2v) is 14.1. The first-order chi connectivity index (χ1) is 26.8. The Morgan fingerprint density at radius 1 is 0.315 bits per heavy atom. The Bertz CT molecular complexity index is 3220. The van der Waals surface area contributed by atoms with E-state index in [1.54, 1.807) is 0 Å². The van der Waals surface area contributed by atoms with E-state index in [4.69, 9.17) is 4.42 Å². The van der Waals surface area contributed by atoms with Gasteiger partial charge in [-0.25, -0.2) is 0 Å². The average Bonchev–Trinajstić information content (AvgIpc) is 3.61. The van der Waals surface area contributed by atoms with Gasteiger partial charge in [-0.1, -0.05) is 152 Å². The Kier molecular flexibility index (Phi) is 6.90. The molecule has 0 aliphatic rings. The van der Waals surface area contributed by atoms with Crippen LogP contribution < -0.4 is 4.90 Å². The van der Waals surface area contributed by atoms with Crippen molar-refractivity contribution in [3.05, 3.63) is 200 Å². The van der Waals surface area contributed by atoms with Crippen molar-refractivity contribution in [1.82, 2.24) is 0 Å². The summed E-state index contributed by atoms with van der Waals surface area (Å²) in [7, 11) is 0. The Morgan fingerprint density at radius 3 is 1.76 bits per heavy atom. The summed E-state index contributed by atoms with van der Waals surface area (Å²) >= 11 is 0. The maximum Gasteiger partial charge on any atom is 0.136 e. The van der Waals surface area contributed by atoms with Crippen LogP contribution >= 0.6 is 0 Å². The summed E-state index contributed by atoms with van der Waals surface area (Å²) in [5.74, 6) is 0. The Hall–Kier alpha value is -7.16. The predicted molar refractivity (Wildman–Crippen MR) is 229 cm³/mol. The third-order valence-corrected chi connectivity index (χ3v) is 11.0. The van der Waals surface area contributed by atoms with Crippen LogP contribution in [0.4, 0.5) is 17.1 Å². The van der Waals surface area contributed by atoms with Gasteiger partial charge in [0.05, 0.1) is 11.4 Å². The molecule has 0 atom stereocenters. The lowest BCUT2D eigenvalue weighted by Gasteiger charge is -2.29. The van der Waals surface area contributed by atoms with E-state index in [9.17, 15) is 0 Å². The molecule has 252 valence electrons. The second-order valence-electron chi connectivity index (χ2n) is 14.1. The van der Waals surface area contributed by atoms with Crippen molar-refractivity contribution in [3.8, 4) is 22.3 Å². The highest BCUT2D eigenvalue weighted by molar-refractivity contribution is 6.17. The van der Waals surface area contributed by atoms with E-state index in [0.29, 0.717) is 0 Å². The van der Waals surface area contributed by atoms with Gasteiger partial charge in [-0.15, -0.1) is 0 Å². The smallest absolute Gasteiger partial charge is 0.136 e. The molecule has 11 rings (SSSR count). The molecule has 0 bridgehead atoms. The van der Waals surface area contributed by atoms with Gasteiger partial charge in [-0.05, 0) is 103 Å². The molecule has 0 saturated carbocycles. The largest absolute Gasteiger partial charge is 0.456 e. The van der Waals surface area contributed by atoms with Crippen molar-refractivity contribution < 1.29 is 4.42 Å². The highest BCUT2D eigenvalue weighted by Crippen LogP contribution is 2.47. The molecular formula is C52H33NO. The zero-order valence-corrected chi connectivity index (χ0v) is 29.4. The molecule has 1 heterocycles. The van der Waals surface area contributed by atoms with Gasteiger partial charge >= 0.3 is 0 Å². The van der Waals surface area contributed by atoms with E-state index >= 15 is 0 Å². The first kappa shape index (κ1) is 30.5. The number of hydrogen-bond acceptors (Lipinski definition) is 2. The summed E-state index contributed by atoms with van der Waals surface area (Å²) in [6.07, 6.45) is 0. The van der Waals surface area contributed by atoms with Crippen LogP contribution in [0.15, 0.2) is 205 Å². The minimum Gasteiger partial charge on any atom is -0.456 e. The Balaban J connectivity index is 1.10. The standard InChI is InChI=1S/C52H33NO/c1-2-14-38-33-51-47(32-37(38)13-1)52-46(19-10-22-50(52)54-51)45-18-7-8-20-49(45)53(48-21-9-15-35-11-4-6-17-44(35)48)41-28-25-34(26-29-41)39-27-30-43-40(31-39)24-23-36-12-3-5-16-42(36)43/h1-33H. The third kappa shape index (κ3) is 4.88. The number of nitrogens with zero attached hydrogens (tertiary/aromatic N) is 1. The summed E-state index contributed by atoms with van der Waals surface area (Å²) < 4.78 is 6.54. The fraction of sp³-hybridized carbons (Fsp3) is 0. The fourth-order valence-corrected chi connectivity index (χ4v) is 8.44. The van der Waals surface area contributed by atoms with E-state index < -0.39 is 0 Å². The third-order valence-electron chi connectivity index (χ3n) is 11.0. The van der Waals surface area contributed by atoms with Crippen LogP contribution in [-0.4, -0.2) is 0 Å². The van der Waals surface area contributed by atoms with E-state index in [0.717, 1.165) is 50.1 Å². The molecule has 2 heteroatoms. The van der Waals surface area contributed by atoms with Gasteiger partial charge in [0, 0.05) is 27.4 Å². The molecule has 2 nitrogen and oxygen atoms in total. The van der Waals surface area contributed by atoms with Gasteiger partial charge in [-0.3, -0.25) is 0 Å². The lowest BCUT2D eigenvalue weighted by Crippen LogP contribution is -2.11. The number of para-hydroxylation sites is 1. The SMILES string of the molecule is c1ccc(N(c2ccc(-c3ccc4c(ccc5ccccc54)c3)cc2)c2cccc3ccccc23)c(-c2cccc3oc4cc5ccccc5cc4c23)c1. The quantitative estimate of drug-likeness (QED) is 0.168. The molecule has 54 heavy (non-hydrogen) atoms. The van der Waals surface area contributed by atoms with Crippen LogP contribution in [0.2, 0.25) is 0 Å². The molecule has 0 spiro atoms. The van der Waals surface area contributed by atoms with Gasteiger partial charge in [0.1, 0.15) is 11.2 Å². The fourth-order valence-electron chi connectivity index (χ4n) is 8.44. The van der Waals surface area contributed by atoms with Crippen LogP contribution in [0.25, 0.3) is 87.3 Å². The number of rotatable bonds is 5. The first-order valence-corrected chi connectivity index (χ1v) is 18.5. The number of fused-ring (bicyclic) bond motifs is 8. The summed E-state index contributed by atoms with van der Waals surface area (Å²) in [5, 5.41) is 12.1. The van der Waals surface area contributed by atoms with Crippen LogP contribution in [-0.2, 0) is 0 Å². The van der Waals surface area contributed by atoms with Gasteiger partial charge in [0.25, 0.3) is 0 Å². The van der Waals surface area contributed by atoms with Crippen molar-refractivity contribution in [2.24, 2.45) is 0 Å². The summed E-state index contributed by atoms with van der Waals surface area (Å²) in [6, 6.07) is 72.3. The topological polar surface area (TPSA) is 16.4 Å². The van der Waals surface area contributed by atoms with Crippen molar-refractivity contribution in [2.45, 2.75) is 0 Å². The van der Waals surface area contributed by atoms with E-state index in [-0.39, 0.29) is 0 Å². The minimum absolute atomic E-state index is 0.886. The highest BCUT2D eigenvalue weighted by Gasteiger charge is 2.22. The maximum atomic E-state index is 6.54. The van der Waals surface area contributed by atoms with Crippen LogP contribution in [0.1, 0.15) is 0 Å². The zero-order valence-electron chi connectivity index (χ0n) is 29.4. The molecule has 0 N–H and O–H groups in total. The molecule has 0 aliphatic carbocycles. The minimum atomic E-state index is 0.886. The Labute approximate surface area is 312 Å². The van der Waals surface area contributed by atoms with Crippen LogP contribution in [0, 0.1) is 0 Å². The number of hydrogen-bond donors (Lipinski definition) is 0. The number of furan rings is 1. The highest BCUT2D eigenvalue weighted by atomic mass is 16.3. The summed E-state index contributed by atoms with van der Waals surface area (Å²) in [5.41, 5.74) is 9.76. The molecular weight excluding hydrogens is 655 g/mol. The molecule has 0 unspecified atom stereocenters. The van der Waals surface area contributed by atoms with Crippen molar-refractivity contribution in [1.29, 1.82) is 0 Å². The van der Waals surface area contributed by atoms with Crippen molar-refractivity contribution in [2.75, 3.05) is 4.90 Å². The molecule has 0 fully saturated rings. The Morgan fingerprint density at radius 2 is 0.907 bits per heavy atom. The van der Waals surface area contributed by atoms with Gasteiger partial charge < -0.3 is 9.32 Å². The summed E-state index contributed by atoms with van der Waals surface area (Å²) in [6.45, 7) is 0. The van der Waals surface area contributed by atoms with Crippen LogP contribution in [0.3, 0.4) is 0 Å². The van der Waals surface area contributed by atoms with E-state index in [1.807, 2.05) is 0 Å². The lowest BCUT2D eigenvalue weighted by atomic mass is 9.95. The summed E-state index contributed by atoms with van der Waals surface area (Å²) in [4.78, 5) is 2.42. The molecule has 10 aromatic carbocycles. The zero-order chi connectivity index (χ0) is 35.6. The van der Waals surface area contributed by atoms with Gasteiger partial charge in [0.15, 0.2) is 0 Å². The molecule has 0 aliphatic heterocycles. The average molecular weight is 688 g/mol. The van der Waals surface area contributed by atoms with E-state index in [1.165, 1.54) is 54.2 Å². The normalized spacial score (nSPS) is 11.7.